The Morgan fingerprint density at radius 1 is 1.32 bits per heavy atom. The van der Waals surface area contributed by atoms with Gasteiger partial charge in [-0.15, -0.1) is 0 Å². The highest BCUT2D eigenvalue weighted by Gasteiger charge is 2.29. The fourth-order valence-corrected chi connectivity index (χ4v) is 4.12. The van der Waals surface area contributed by atoms with E-state index < -0.39 is 11.2 Å². The molecule has 0 aliphatic carbocycles. The van der Waals surface area contributed by atoms with E-state index in [1.54, 1.807) is 31.2 Å². The molecular weight excluding hydrogens is 402 g/mol. The van der Waals surface area contributed by atoms with E-state index in [0.29, 0.717) is 19.3 Å². The number of carbonyl (C=O) groups excluding carboxylic acids is 1. The summed E-state index contributed by atoms with van der Waals surface area (Å²) in [6, 6.07) is 6.23. The molecule has 0 bridgehead atoms. The van der Waals surface area contributed by atoms with E-state index in [-0.39, 0.29) is 35.9 Å². The Hall–Kier alpha value is -2.07. The van der Waals surface area contributed by atoms with Crippen molar-refractivity contribution >= 4 is 11.6 Å². The maximum atomic E-state index is 12.7. The molecule has 1 N–H and O–H groups in total. The van der Waals surface area contributed by atoms with Gasteiger partial charge in [-0.25, -0.2) is 0 Å². The van der Waals surface area contributed by atoms with E-state index in [1.165, 1.54) is 12.1 Å². The van der Waals surface area contributed by atoms with E-state index in [0.717, 1.165) is 18.5 Å². The van der Waals surface area contributed by atoms with Crippen molar-refractivity contribution in [2.75, 3.05) is 27.7 Å². The molecule has 0 spiro atoms. The smallest absolute Gasteiger partial charge is 0.269 e. The third kappa shape index (κ3) is 6.96. The lowest BCUT2D eigenvalue weighted by molar-refractivity contribution is -0.384. The molecular formula is C22H35N3O6. The van der Waals surface area contributed by atoms with Crippen molar-refractivity contribution in [2.24, 2.45) is 0 Å². The van der Waals surface area contributed by atoms with E-state index in [1.807, 2.05) is 20.9 Å². The Morgan fingerprint density at radius 3 is 2.52 bits per heavy atom. The van der Waals surface area contributed by atoms with Gasteiger partial charge in [0, 0.05) is 45.2 Å². The first kappa shape index (κ1) is 25.2. The number of amides is 1. The van der Waals surface area contributed by atoms with Crippen molar-refractivity contribution in [2.45, 2.75) is 70.1 Å². The second-order valence-corrected chi connectivity index (χ2v) is 8.36. The number of rotatable bonds is 10. The van der Waals surface area contributed by atoms with Gasteiger partial charge in [-0.1, -0.05) is 0 Å². The minimum absolute atomic E-state index is 0.0187. The van der Waals surface area contributed by atoms with Gasteiger partial charge in [-0.2, -0.15) is 0 Å². The second kappa shape index (κ2) is 11.5. The fourth-order valence-electron chi connectivity index (χ4n) is 4.12. The molecule has 1 aliphatic rings. The zero-order chi connectivity index (χ0) is 23.1. The molecule has 1 fully saturated rings. The molecule has 0 radical (unpaired) electrons. The number of aliphatic hydroxyl groups excluding tert-OH is 1. The van der Waals surface area contributed by atoms with Gasteiger partial charge < -0.3 is 24.4 Å². The molecule has 1 aromatic rings. The molecule has 1 amide bonds. The quantitative estimate of drug-likeness (QED) is 0.443. The number of carbonyl (C=O) groups is 1. The van der Waals surface area contributed by atoms with Gasteiger partial charge >= 0.3 is 0 Å². The molecule has 2 rings (SSSR count). The van der Waals surface area contributed by atoms with Crippen molar-refractivity contribution < 1.29 is 24.3 Å². The maximum Gasteiger partial charge on any atom is 0.269 e. The summed E-state index contributed by atoms with van der Waals surface area (Å²) in [4.78, 5) is 27.0. The standard InChI is InChI=1S/C22H35N3O6/c1-15-13-19(14-21(27)31-15)23(3)12-6-7-20(26)24(4)16(2)22(30-5)17-8-10-18(11-9-17)25(28)29/h8-11,15-16,19,21-22,27H,6-7,12-14H2,1-5H3. The SMILES string of the molecule is COC(c1ccc([N+](=O)[O-])cc1)C(C)N(C)C(=O)CCCN(C)C1CC(C)OC(O)C1. The van der Waals surface area contributed by atoms with E-state index in [9.17, 15) is 20.0 Å². The Bertz CT molecular complexity index is 718. The number of likely N-dealkylation sites (N-methyl/N-ethyl adjacent to an activating group) is 1. The third-order valence-corrected chi connectivity index (χ3v) is 6.12. The summed E-state index contributed by atoms with van der Waals surface area (Å²) in [5.74, 6) is 0.0187. The average molecular weight is 438 g/mol. The van der Waals surface area contributed by atoms with Crippen LogP contribution in [0.4, 0.5) is 5.69 Å². The van der Waals surface area contributed by atoms with Gasteiger partial charge in [0.2, 0.25) is 5.91 Å². The lowest BCUT2D eigenvalue weighted by Gasteiger charge is -2.36. The van der Waals surface area contributed by atoms with Crippen molar-refractivity contribution in [1.29, 1.82) is 0 Å². The lowest BCUT2D eigenvalue weighted by Crippen LogP contribution is -2.44. The second-order valence-electron chi connectivity index (χ2n) is 8.36. The van der Waals surface area contributed by atoms with Crippen LogP contribution in [0, 0.1) is 10.1 Å². The first-order valence-electron chi connectivity index (χ1n) is 10.7. The van der Waals surface area contributed by atoms with Crippen LogP contribution in [0.15, 0.2) is 24.3 Å². The minimum Gasteiger partial charge on any atom is -0.375 e. The molecule has 1 aliphatic heterocycles. The number of hydrogen-bond donors (Lipinski definition) is 1. The molecule has 31 heavy (non-hydrogen) atoms. The molecule has 5 unspecified atom stereocenters. The highest BCUT2D eigenvalue weighted by Crippen LogP contribution is 2.26. The van der Waals surface area contributed by atoms with Crippen LogP contribution in [-0.4, -0.2) is 78.0 Å². The van der Waals surface area contributed by atoms with E-state index in [2.05, 4.69) is 4.90 Å². The van der Waals surface area contributed by atoms with Crippen LogP contribution in [-0.2, 0) is 14.3 Å². The average Bonchev–Trinajstić information content (AvgIpc) is 2.73. The van der Waals surface area contributed by atoms with Gasteiger partial charge in [0.15, 0.2) is 6.29 Å². The van der Waals surface area contributed by atoms with Gasteiger partial charge in [0.25, 0.3) is 5.69 Å². The number of ether oxygens (including phenoxy) is 2. The van der Waals surface area contributed by atoms with Gasteiger partial charge in [0.1, 0.15) is 6.10 Å². The van der Waals surface area contributed by atoms with Gasteiger partial charge in [0.05, 0.1) is 17.1 Å². The third-order valence-electron chi connectivity index (χ3n) is 6.12. The number of nitro benzene ring substituents is 1. The largest absolute Gasteiger partial charge is 0.375 e. The van der Waals surface area contributed by atoms with Crippen LogP contribution in [0.1, 0.15) is 51.2 Å². The van der Waals surface area contributed by atoms with Crippen molar-refractivity contribution in [3.05, 3.63) is 39.9 Å². The van der Waals surface area contributed by atoms with Crippen LogP contribution in [0.5, 0.6) is 0 Å². The fraction of sp³-hybridized carbons (Fsp3) is 0.682. The molecule has 0 aromatic heterocycles. The number of benzene rings is 1. The van der Waals surface area contributed by atoms with Gasteiger partial charge in [-0.3, -0.25) is 14.9 Å². The highest BCUT2D eigenvalue weighted by atomic mass is 16.6. The Morgan fingerprint density at radius 2 is 1.97 bits per heavy atom. The summed E-state index contributed by atoms with van der Waals surface area (Å²) in [6.45, 7) is 4.62. The number of hydrogen-bond acceptors (Lipinski definition) is 7. The Balaban J connectivity index is 1.87. The molecule has 1 aromatic carbocycles. The van der Waals surface area contributed by atoms with E-state index >= 15 is 0 Å². The summed E-state index contributed by atoms with van der Waals surface area (Å²) in [7, 11) is 5.34. The molecule has 5 atom stereocenters. The summed E-state index contributed by atoms with van der Waals surface area (Å²) in [5.41, 5.74) is 0.804. The van der Waals surface area contributed by atoms with Crippen LogP contribution in [0.25, 0.3) is 0 Å². The zero-order valence-corrected chi connectivity index (χ0v) is 19.1. The Labute approximate surface area is 184 Å². The number of nitro groups is 1. The van der Waals surface area contributed by atoms with Crippen molar-refractivity contribution in [3.63, 3.8) is 0 Å². The predicted molar refractivity (Wildman–Crippen MR) is 117 cm³/mol. The lowest BCUT2D eigenvalue weighted by atomic mass is 10.0. The van der Waals surface area contributed by atoms with E-state index in [4.69, 9.17) is 9.47 Å². The minimum atomic E-state index is -0.727. The van der Waals surface area contributed by atoms with Crippen LogP contribution >= 0.6 is 0 Å². The topological polar surface area (TPSA) is 105 Å². The zero-order valence-electron chi connectivity index (χ0n) is 19.1. The molecule has 1 heterocycles. The summed E-state index contributed by atoms with van der Waals surface area (Å²) < 4.78 is 11.0. The maximum absolute atomic E-state index is 12.7. The number of non-ortho nitro benzene ring substituents is 1. The Kier molecular flexibility index (Phi) is 9.36. The summed E-state index contributed by atoms with van der Waals surface area (Å²) >= 11 is 0. The molecule has 0 saturated carbocycles. The van der Waals surface area contributed by atoms with Crippen molar-refractivity contribution in [3.8, 4) is 0 Å². The first-order valence-corrected chi connectivity index (χ1v) is 10.7. The summed E-state index contributed by atoms with van der Waals surface area (Å²) in [6.07, 6.45) is 1.47. The number of aliphatic hydroxyl groups is 1. The van der Waals surface area contributed by atoms with Crippen LogP contribution in [0.3, 0.4) is 0 Å². The predicted octanol–water partition coefficient (Wildman–Crippen LogP) is 2.73. The molecule has 1 saturated heterocycles. The molecule has 9 nitrogen and oxygen atoms in total. The highest BCUT2D eigenvalue weighted by molar-refractivity contribution is 5.76. The monoisotopic (exact) mass is 437 g/mol. The number of nitrogens with zero attached hydrogens (tertiary/aromatic N) is 3. The van der Waals surface area contributed by atoms with Crippen molar-refractivity contribution in [1.82, 2.24) is 9.80 Å². The molecule has 174 valence electrons. The first-order chi connectivity index (χ1) is 14.6. The molecule has 9 heteroatoms. The van der Waals surface area contributed by atoms with Crippen LogP contribution in [0.2, 0.25) is 0 Å². The van der Waals surface area contributed by atoms with Crippen LogP contribution < -0.4 is 0 Å². The summed E-state index contributed by atoms with van der Waals surface area (Å²) in [5, 5.41) is 20.7. The van der Waals surface area contributed by atoms with Gasteiger partial charge in [-0.05, 0) is 58.0 Å². The number of methoxy groups -OCH3 is 1. The normalized spacial score (nSPS) is 23.4.